The summed E-state index contributed by atoms with van der Waals surface area (Å²) in [6.07, 6.45) is 3.12. The molecule has 0 spiro atoms. The molecule has 0 aliphatic carbocycles. The van der Waals surface area contributed by atoms with Crippen LogP contribution in [0.15, 0.2) is 48.8 Å². The first-order valence-electron chi connectivity index (χ1n) is 5.99. The zero-order chi connectivity index (χ0) is 14.5. The standard InChI is InChI=1S/C15H14N3O2.ClH/c1-17(13-5-7-14(20-2)8-6-13)15(19)18-9-3-4-12(10-16)11-18;/h3-9,11H,1-2H3;1H/q+1;/p-1. The maximum atomic E-state index is 12.3. The van der Waals surface area contributed by atoms with E-state index >= 15 is 0 Å². The van der Waals surface area contributed by atoms with Crippen LogP contribution in [0, 0.1) is 11.3 Å². The molecule has 0 bridgehead atoms. The highest BCUT2D eigenvalue weighted by atomic mass is 35.5. The largest absolute Gasteiger partial charge is 1.00 e. The van der Waals surface area contributed by atoms with E-state index in [0.29, 0.717) is 5.56 Å². The van der Waals surface area contributed by atoms with Gasteiger partial charge in [-0.25, -0.2) is 0 Å². The molecule has 0 saturated carbocycles. The third-order valence-electron chi connectivity index (χ3n) is 2.90. The third-order valence-corrected chi connectivity index (χ3v) is 2.90. The number of ether oxygens (including phenoxy) is 1. The van der Waals surface area contributed by atoms with Crippen LogP contribution in [0.2, 0.25) is 0 Å². The second-order valence-corrected chi connectivity index (χ2v) is 4.15. The Labute approximate surface area is 129 Å². The van der Waals surface area contributed by atoms with Crippen LogP contribution in [0.5, 0.6) is 5.75 Å². The molecule has 0 aliphatic heterocycles. The van der Waals surface area contributed by atoms with E-state index in [1.165, 1.54) is 15.7 Å². The minimum atomic E-state index is -0.243. The quantitative estimate of drug-likeness (QED) is 0.666. The molecule has 0 atom stereocenters. The van der Waals surface area contributed by atoms with Gasteiger partial charge in [-0.1, -0.05) is 0 Å². The molecule has 0 aliphatic rings. The van der Waals surface area contributed by atoms with Gasteiger partial charge in [0.2, 0.25) is 0 Å². The van der Waals surface area contributed by atoms with Crippen LogP contribution in [0.25, 0.3) is 0 Å². The summed E-state index contributed by atoms with van der Waals surface area (Å²) in [6, 6.07) is 12.2. The molecule has 5 nitrogen and oxygen atoms in total. The van der Waals surface area contributed by atoms with Gasteiger partial charge in [-0.05, 0) is 36.4 Å². The molecule has 1 heterocycles. The summed E-state index contributed by atoms with van der Waals surface area (Å²) in [5.41, 5.74) is 1.18. The highest BCUT2D eigenvalue weighted by Gasteiger charge is 2.22. The maximum absolute atomic E-state index is 12.3. The number of benzene rings is 1. The van der Waals surface area contributed by atoms with E-state index in [-0.39, 0.29) is 18.4 Å². The molecule has 0 saturated heterocycles. The van der Waals surface area contributed by atoms with Gasteiger partial charge in [-0.2, -0.15) is 19.5 Å². The van der Waals surface area contributed by atoms with Gasteiger partial charge in [-0.15, -0.1) is 0 Å². The minimum Gasteiger partial charge on any atom is -1.00 e. The van der Waals surface area contributed by atoms with Crippen molar-refractivity contribution in [1.29, 1.82) is 5.26 Å². The monoisotopic (exact) mass is 303 g/mol. The molecule has 6 heteroatoms. The highest BCUT2D eigenvalue weighted by molar-refractivity contribution is 5.84. The average Bonchev–Trinajstić information content (AvgIpc) is 2.53. The van der Waals surface area contributed by atoms with E-state index in [1.54, 1.807) is 56.8 Å². The lowest BCUT2D eigenvalue weighted by Gasteiger charge is -2.10. The smallest absolute Gasteiger partial charge is 0.502 e. The van der Waals surface area contributed by atoms with Crippen molar-refractivity contribution in [2.75, 3.05) is 19.1 Å². The van der Waals surface area contributed by atoms with Crippen molar-refractivity contribution < 1.29 is 26.5 Å². The minimum absolute atomic E-state index is 0. The fourth-order valence-electron chi connectivity index (χ4n) is 1.75. The van der Waals surface area contributed by atoms with Crippen molar-refractivity contribution in [3.05, 3.63) is 54.4 Å². The number of amides is 1. The lowest BCUT2D eigenvalue weighted by molar-refractivity contribution is -0.569. The lowest BCUT2D eigenvalue weighted by atomic mass is 10.3. The highest BCUT2D eigenvalue weighted by Crippen LogP contribution is 2.17. The Balaban J connectivity index is 0.00000220. The number of nitrogens with zero attached hydrogens (tertiary/aromatic N) is 3. The van der Waals surface area contributed by atoms with Crippen LogP contribution >= 0.6 is 0 Å². The Morgan fingerprint density at radius 3 is 2.52 bits per heavy atom. The molecule has 0 fully saturated rings. The number of carbonyl (C=O) groups is 1. The van der Waals surface area contributed by atoms with Crippen molar-refractivity contribution in [3.63, 3.8) is 0 Å². The SMILES string of the molecule is COc1ccc(N(C)C(=O)[n+]2cccc(C#N)c2)cc1.[Cl-]. The van der Waals surface area contributed by atoms with Crippen molar-refractivity contribution in [2.24, 2.45) is 0 Å². The first kappa shape index (κ1) is 16.5. The van der Waals surface area contributed by atoms with Gasteiger partial charge < -0.3 is 17.1 Å². The molecule has 0 N–H and O–H groups in total. The summed E-state index contributed by atoms with van der Waals surface area (Å²) in [4.78, 5) is 13.8. The molecule has 1 amide bonds. The van der Waals surface area contributed by atoms with Crippen LogP contribution in [0.3, 0.4) is 0 Å². The molecule has 21 heavy (non-hydrogen) atoms. The second kappa shape index (κ2) is 7.27. The number of halogens is 1. The van der Waals surface area contributed by atoms with Crippen LogP contribution in [0.4, 0.5) is 10.5 Å². The predicted molar refractivity (Wildman–Crippen MR) is 73.5 cm³/mol. The average molecular weight is 304 g/mol. The summed E-state index contributed by atoms with van der Waals surface area (Å²) in [5, 5.41) is 8.86. The number of carbonyl (C=O) groups excluding carboxylic acids is 1. The number of rotatable bonds is 2. The summed E-state index contributed by atoms with van der Waals surface area (Å²) >= 11 is 0. The normalized spacial score (nSPS) is 9.19. The molecule has 2 rings (SSSR count). The Kier molecular flexibility index (Phi) is 5.70. The van der Waals surface area contributed by atoms with Crippen LogP contribution in [-0.2, 0) is 0 Å². The van der Waals surface area contributed by atoms with Crippen molar-refractivity contribution >= 4 is 11.7 Å². The van der Waals surface area contributed by atoms with E-state index in [0.717, 1.165) is 11.4 Å². The number of pyridine rings is 1. The van der Waals surface area contributed by atoms with Gasteiger partial charge in [0.15, 0.2) is 0 Å². The van der Waals surface area contributed by atoms with E-state index < -0.39 is 0 Å². The first-order valence-corrected chi connectivity index (χ1v) is 5.99. The van der Waals surface area contributed by atoms with E-state index in [1.807, 2.05) is 6.07 Å². The molecular formula is C15H14ClN3O2. The summed E-state index contributed by atoms with van der Waals surface area (Å²) in [7, 11) is 3.27. The Hall–Kier alpha value is -2.58. The Morgan fingerprint density at radius 2 is 1.95 bits per heavy atom. The molecule has 108 valence electrons. The first-order chi connectivity index (χ1) is 9.65. The molecular weight excluding hydrogens is 290 g/mol. The van der Waals surface area contributed by atoms with E-state index in [2.05, 4.69) is 0 Å². The molecule has 2 aromatic rings. The molecule has 0 radical (unpaired) electrons. The molecule has 1 aromatic heterocycles. The predicted octanol–water partition coefficient (Wildman–Crippen LogP) is -1.04. The second-order valence-electron chi connectivity index (χ2n) is 4.15. The summed E-state index contributed by atoms with van der Waals surface area (Å²) in [5.74, 6) is 0.730. The zero-order valence-corrected chi connectivity index (χ0v) is 12.4. The van der Waals surface area contributed by atoms with Crippen molar-refractivity contribution in [2.45, 2.75) is 0 Å². The zero-order valence-electron chi connectivity index (χ0n) is 11.7. The molecule has 1 aromatic carbocycles. The van der Waals surface area contributed by atoms with Crippen molar-refractivity contribution in [3.8, 4) is 11.8 Å². The number of aromatic nitrogens is 1. The fraction of sp³-hybridized carbons (Fsp3) is 0.133. The number of hydrogen-bond donors (Lipinski definition) is 0. The van der Waals surface area contributed by atoms with E-state index in [9.17, 15) is 4.79 Å². The Bertz CT molecular complexity index is 665. The number of anilines is 1. The van der Waals surface area contributed by atoms with Gasteiger partial charge in [0.05, 0.1) is 25.9 Å². The van der Waals surface area contributed by atoms with Crippen molar-refractivity contribution in [1.82, 2.24) is 0 Å². The van der Waals surface area contributed by atoms with E-state index in [4.69, 9.17) is 10.00 Å². The molecule has 0 unspecified atom stereocenters. The van der Waals surface area contributed by atoms with Gasteiger partial charge in [0.25, 0.3) is 0 Å². The van der Waals surface area contributed by atoms with Gasteiger partial charge in [-0.3, -0.25) is 0 Å². The van der Waals surface area contributed by atoms with Crippen LogP contribution in [0.1, 0.15) is 5.56 Å². The van der Waals surface area contributed by atoms with Crippen LogP contribution < -0.4 is 26.6 Å². The summed E-state index contributed by atoms with van der Waals surface area (Å²) < 4.78 is 6.46. The maximum Gasteiger partial charge on any atom is 0.502 e. The number of hydrogen-bond acceptors (Lipinski definition) is 3. The fourth-order valence-corrected chi connectivity index (χ4v) is 1.75. The van der Waals surface area contributed by atoms with Gasteiger partial charge in [0, 0.05) is 0 Å². The Morgan fingerprint density at radius 1 is 1.29 bits per heavy atom. The lowest BCUT2D eigenvalue weighted by Crippen LogP contribution is -3.00. The van der Waals surface area contributed by atoms with Crippen LogP contribution in [-0.4, -0.2) is 20.2 Å². The van der Waals surface area contributed by atoms with Gasteiger partial charge in [0.1, 0.15) is 23.7 Å². The summed E-state index contributed by atoms with van der Waals surface area (Å²) in [6.45, 7) is 0. The topological polar surface area (TPSA) is 57.2 Å². The number of nitriles is 1. The van der Waals surface area contributed by atoms with Gasteiger partial charge >= 0.3 is 6.03 Å². The number of methoxy groups -OCH3 is 1. The third kappa shape index (κ3) is 3.71.